The van der Waals surface area contributed by atoms with Crippen LogP contribution in [0, 0.1) is 11.6 Å². The zero-order valence-corrected chi connectivity index (χ0v) is 19.2. The lowest BCUT2D eigenvalue weighted by Gasteiger charge is -2.46. The lowest BCUT2D eigenvalue weighted by molar-refractivity contribution is 0.0354. The first-order valence-corrected chi connectivity index (χ1v) is 11.3. The number of hydrogen-bond donors (Lipinski definition) is 2. The van der Waals surface area contributed by atoms with Crippen molar-refractivity contribution in [2.45, 2.75) is 44.3 Å². The van der Waals surface area contributed by atoms with E-state index in [1.807, 2.05) is 0 Å². The lowest BCUT2D eigenvalue weighted by Crippen LogP contribution is -2.54. The summed E-state index contributed by atoms with van der Waals surface area (Å²) >= 11 is 5.57. The summed E-state index contributed by atoms with van der Waals surface area (Å²) in [6, 6.07) is 1.64. The molecule has 2 amide bonds. The highest BCUT2D eigenvalue weighted by molar-refractivity contribution is 6.30. The van der Waals surface area contributed by atoms with E-state index < -0.39 is 45.2 Å². The third kappa shape index (κ3) is 4.16. The Morgan fingerprint density at radius 2 is 2.06 bits per heavy atom. The predicted molar refractivity (Wildman–Crippen MR) is 119 cm³/mol. The minimum absolute atomic E-state index is 0.0759. The van der Waals surface area contributed by atoms with Gasteiger partial charge in [-0.2, -0.15) is 0 Å². The molecule has 2 atom stereocenters. The molecular formula is C23H24ClF2N3O5. The van der Waals surface area contributed by atoms with Crippen LogP contribution in [0.15, 0.2) is 23.1 Å². The average molecular weight is 496 g/mol. The monoisotopic (exact) mass is 495 g/mol. The Hall–Kier alpha value is -2.98. The molecule has 3 heterocycles. The predicted octanol–water partition coefficient (Wildman–Crippen LogP) is 3.00. The topological polar surface area (TPSA) is 101 Å². The van der Waals surface area contributed by atoms with Crippen molar-refractivity contribution in [1.82, 2.24) is 14.8 Å². The van der Waals surface area contributed by atoms with Crippen LogP contribution in [0.2, 0.25) is 5.02 Å². The number of hydrogen-bond acceptors (Lipinski definition) is 5. The highest BCUT2D eigenvalue weighted by Crippen LogP contribution is 2.37. The number of fused-ring (bicyclic) bond motifs is 2. The van der Waals surface area contributed by atoms with Gasteiger partial charge in [-0.3, -0.25) is 14.4 Å². The summed E-state index contributed by atoms with van der Waals surface area (Å²) in [6.07, 6.45) is 4.28. The van der Waals surface area contributed by atoms with Crippen molar-refractivity contribution in [3.05, 3.63) is 62.0 Å². The number of aromatic hydroxyl groups is 1. The zero-order chi connectivity index (χ0) is 24.6. The molecule has 2 aromatic rings. The van der Waals surface area contributed by atoms with Gasteiger partial charge in [0.1, 0.15) is 22.2 Å². The van der Waals surface area contributed by atoms with Crippen LogP contribution in [-0.4, -0.2) is 52.7 Å². The van der Waals surface area contributed by atoms with Gasteiger partial charge in [-0.15, -0.1) is 0 Å². The van der Waals surface area contributed by atoms with Crippen LogP contribution in [0.25, 0.3) is 0 Å². The van der Waals surface area contributed by atoms with Gasteiger partial charge < -0.3 is 24.6 Å². The molecule has 0 saturated carbocycles. The van der Waals surface area contributed by atoms with Crippen LogP contribution in [-0.2, 0) is 11.3 Å². The second-order valence-corrected chi connectivity index (χ2v) is 8.78. The first kappa shape index (κ1) is 24.2. The number of carbonyl (C=O) groups excluding carboxylic acids is 2. The summed E-state index contributed by atoms with van der Waals surface area (Å²) in [7, 11) is 1.55. The summed E-state index contributed by atoms with van der Waals surface area (Å²) in [5.74, 6) is -4.09. The number of piperidine rings is 1. The van der Waals surface area contributed by atoms with E-state index in [0.717, 1.165) is 31.4 Å². The second kappa shape index (κ2) is 9.71. The Morgan fingerprint density at radius 3 is 2.79 bits per heavy atom. The van der Waals surface area contributed by atoms with E-state index in [-0.39, 0.29) is 29.9 Å². The highest BCUT2D eigenvalue weighted by Gasteiger charge is 2.42. The molecule has 1 saturated heterocycles. The number of methoxy groups -OCH3 is 1. The number of carbonyl (C=O) groups is 2. The van der Waals surface area contributed by atoms with Crippen molar-refractivity contribution in [3.8, 4) is 5.75 Å². The number of aromatic nitrogens is 1. The van der Waals surface area contributed by atoms with E-state index in [0.29, 0.717) is 19.6 Å². The third-order valence-electron chi connectivity index (χ3n) is 6.44. The molecule has 0 spiro atoms. The van der Waals surface area contributed by atoms with E-state index in [4.69, 9.17) is 16.3 Å². The molecule has 2 aliphatic heterocycles. The van der Waals surface area contributed by atoms with Gasteiger partial charge in [0.25, 0.3) is 11.8 Å². The van der Waals surface area contributed by atoms with Crippen LogP contribution in [0.4, 0.5) is 8.78 Å². The van der Waals surface area contributed by atoms with Crippen molar-refractivity contribution in [3.63, 3.8) is 0 Å². The standard InChI is InChI=1S/C23H24ClF2N3O5/c1-34-9-7-16-15-4-2-3-8-28(15)23(33)19-21(31)20(30)13(11-29(16)19)22(32)27-10-12-5-6-14(25)17(24)18(12)26/h5-6,11,15-16,31H,2-4,7-10H2,1H3,(H,27,32)/t15?,16-/m0/s1. The minimum atomic E-state index is -1.02. The van der Waals surface area contributed by atoms with Gasteiger partial charge >= 0.3 is 0 Å². The number of rotatable bonds is 6. The van der Waals surface area contributed by atoms with Crippen molar-refractivity contribution in [2.75, 3.05) is 20.3 Å². The molecule has 8 nitrogen and oxygen atoms in total. The summed E-state index contributed by atoms with van der Waals surface area (Å²) < 4.78 is 34.3. The van der Waals surface area contributed by atoms with Crippen LogP contribution in [0.1, 0.15) is 58.1 Å². The van der Waals surface area contributed by atoms with E-state index >= 15 is 0 Å². The fourth-order valence-electron chi connectivity index (χ4n) is 4.73. The Morgan fingerprint density at radius 1 is 1.29 bits per heavy atom. The Balaban J connectivity index is 1.69. The SMILES string of the molecule is COCC[C@H]1C2CCCCN2C(=O)c2c(O)c(=O)c(C(=O)NCc3ccc(F)c(Cl)c3F)cn21. The number of nitrogens with one attached hydrogen (secondary N) is 1. The number of nitrogens with zero attached hydrogens (tertiary/aromatic N) is 2. The smallest absolute Gasteiger partial charge is 0.274 e. The molecule has 182 valence electrons. The normalized spacial score (nSPS) is 19.5. The number of ether oxygens (including phenoxy) is 1. The van der Waals surface area contributed by atoms with Crippen molar-refractivity contribution >= 4 is 23.4 Å². The van der Waals surface area contributed by atoms with Gasteiger partial charge in [0.2, 0.25) is 5.43 Å². The van der Waals surface area contributed by atoms with Crippen LogP contribution < -0.4 is 10.7 Å². The number of halogens is 3. The molecule has 2 N–H and O–H groups in total. The van der Waals surface area contributed by atoms with E-state index in [1.165, 1.54) is 10.8 Å². The number of benzene rings is 1. The van der Waals surface area contributed by atoms with Gasteiger partial charge in [-0.1, -0.05) is 17.7 Å². The fraction of sp³-hybridized carbons (Fsp3) is 0.435. The maximum atomic E-state index is 14.2. The lowest BCUT2D eigenvalue weighted by atomic mass is 9.90. The number of amides is 2. The van der Waals surface area contributed by atoms with Gasteiger partial charge in [0, 0.05) is 38.6 Å². The molecule has 1 aromatic carbocycles. The molecule has 11 heteroatoms. The number of pyridine rings is 1. The fourth-order valence-corrected chi connectivity index (χ4v) is 4.91. The molecule has 4 rings (SSSR count). The van der Waals surface area contributed by atoms with E-state index in [2.05, 4.69) is 5.32 Å². The molecule has 1 unspecified atom stereocenters. The van der Waals surface area contributed by atoms with Crippen LogP contribution >= 0.6 is 11.6 Å². The Bertz CT molecular complexity index is 1200. The third-order valence-corrected chi connectivity index (χ3v) is 6.79. The molecule has 1 aromatic heterocycles. The first-order valence-electron chi connectivity index (χ1n) is 10.9. The van der Waals surface area contributed by atoms with E-state index in [1.54, 1.807) is 12.0 Å². The van der Waals surface area contributed by atoms with Gasteiger partial charge in [-0.05, 0) is 31.7 Å². The minimum Gasteiger partial charge on any atom is -0.503 e. The molecule has 1 fully saturated rings. The quantitative estimate of drug-likeness (QED) is 0.600. The molecule has 0 aliphatic carbocycles. The van der Waals surface area contributed by atoms with Gasteiger partial charge in [0.05, 0.1) is 12.1 Å². The first-order chi connectivity index (χ1) is 16.3. The second-order valence-electron chi connectivity index (χ2n) is 8.40. The summed E-state index contributed by atoms with van der Waals surface area (Å²) in [5, 5.41) is 12.4. The molecule has 0 radical (unpaired) electrons. The summed E-state index contributed by atoms with van der Waals surface area (Å²) in [4.78, 5) is 40.5. The molecule has 2 aliphatic rings. The van der Waals surface area contributed by atoms with Crippen LogP contribution in [0.5, 0.6) is 5.75 Å². The molecular weight excluding hydrogens is 472 g/mol. The van der Waals surface area contributed by atoms with Crippen molar-refractivity contribution < 1.29 is 28.2 Å². The zero-order valence-electron chi connectivity index (χ0n) is 18.4. The highest BCUT2D eigenvalue weighted by atomic mass is 35.5. The van der Waals surface area contributed by atoms with Crippen LogP contribution in [0.3, 0.4) is 0 Å². The Labute approximate surface area is 199 Å². The summed E-state index contributed by atoms with van der Waals surface area (Å²) in [6.45, 7) is 0.533. The Kier molecular flexibility index (Phi) is 6.90. The van der Waals surface area contributed by atoms with Crippen molar-refractivity contribution in [1.29, 1.82) is 0 Å². The van der Waals surface area contributed by atoms with Crippen molar-refractivity contribution in [2.24, 2.45) is 0 Å². The van der Waals surface area contributed by atoms with Gasteiger partial charge in [-0.25, -0.2) is 8.78 Å². The maximum absolute atomic E-state index is 14.2. The largest absolute Gasteiger partial charge is 0.503 e. The summed E-state index contributed by atoms with van der Waals surface area (Å²) in [5.41, 5.74) is -1.63. The van der Waals surface area contributed by atoms with E-state index in [9.17, 15) is 28.3 Å². The molecule has 34 heavy (non-hydrogen) atoms. The maximum Gasteiger partial charge on any atom is 0.274 e. The average Bonchev–Trinajstić information content (AvgIpc) is 2.83. The molecule has 0 bridgehead atoms. The van der Waals surface area contributed by atoms with Gasteiger partial charge in [0.15, 0.2) is 11.4 Å².